The lowest BCUT2D eigenvalue weighted by Crippen LogP contribution is -2.42. The van der Waals surface area contributed by atoms with Crippen molar-refractivity contribution in [1.82, 2.24) is 39.5 Å². The van der Waals surface area contributed by atoms with Gasteiger partial charge < -0.3 is 29.8 Å². The van der Waals surface area contributed by atoms with Gasteiger partial charge in [-0.2, -0.15) is 0 Å². The fourth-order valence-corrected chi connectivity index (χ4v) is 9.18. The Morgan fingerprint density at radius 2 is 1.41 bits per heavy atom. The number of carbonyl (C=O) groups is 3. The van der Waals surface area contributed by atoms with Gasteiger partial charge >= 0.3 is 6.09 Å². The first-order valence-electron chi connectivity index (χ1n) is 20.6. The molecule has 3 amide bonds. The standard InChI is InChI=1S/C47H48N8O4/c56-45(37-23-27-52(31-37)30-32-9-3-1-4-10-32)54-25-7-13-40(54)43-49-29-39(50-43)35-17-15-33(16-18-35)34-19-21-38(22-20-34)53-28-24-48-44(53)41-14-8-26-55(41)46(57)42(51-47(58)59)36-11-5-2-6-12-36/h1-6,9-12,15-22,24,28-29,37,40-42,51H,7-8,13-14,23,25-27,30-31H2,(H,49,50)(H,58,59)/t37-,40+,41+,42-/m1/s1. The number of rotatable bonds is 11. The Morgan fingerprint density at radius 3 is 2.14 bits per heavy atom. The van der Waals surface area contributed by atoms with Gasteiger partial charge in [0.15, 0.2) is 0 Å². The number of benzene rings is 4. The molecule has 0 aliphatic carbocycles. The summed E-state index contributed by atoms with van der Waals surface area (Å²) in [7, 11) is 0. The number of aromatic nitrogens is 4. The van der Waals surface area contributed by atoms with Gasteiger partial charge in [-0.3, -0.25) is 14.5 Å². The van der Waals surface area contributed by atoms with E-state index in [0.717, 1.165) is 98.0 Å². The van der Waals surface area contributed by atoms with Gasteiger partial charge in [-0.25, -0.2) is 14.8 Å². The van der Waals surface area contributed by atoms with Gasteiger partial charge in [-0.1, -0.05) is 97.1 Å². The molecule has 300 valence electrons. The van der Waals surface area contributed by atoms with E-state index < -0.39 is 12.1 Å². The molecule has 59 heavy (non-hydrogen) atoms. The van der Waals surface area contributed by atoms with E-state index in [9.17, 15) is 19.5 Å². The normalized spacial score (nSPS) is 19.9. The van der Waals surface area contributed by atoms with Crippen LogP contribution in [-0.2, 0) is 16.1 Å². The number of carbonyl (C=O) groups excluding carboxylic acids is 2. The van der Waals surface area contributed by atoms with Crippen LogP contribution >= 0.6 is 0 Å². The molecule has 3 N–H and O–H groups in total. The average molecular weight is 789 g/mol. The third kappa shape index (κ3) is 8.00. The first-order chi connectivity index (χ1) is 28.9. The van der Waals surface area contributed by atoms with Gasteiger partial charge in [0, 0.05) is 44.3 Å². The van der Waals surface area contributed by atoms with Crippen molar-refractivity contribution in [3.63, 3.8) is 0 Å². The van der Waals surface area contributed by atoms with Crippen molar-refractivity contribution in [2.75, 3.05) is 26.2 Å². The molecule has 3 saturated heterocycles. The maximum absolute atomic E-state index is 13.9. The van der Waals surface area contributed by atoms with Crippen LogP contribution in [0.4, 0.5) is 4.79 Å². The van der Waals surface area contributed by atoms with Crippen molar-refractivity contribution in [3.8, 4) is 28.1 Å². The fourth-order valence-electron chi connectivity index (χ4n) is 9.18. The third-order valence-corrected chi connectivity index (χ3v) is 12.1. The van der Waals surface area contributed by atoms with E-state index >= 15 is 0 Å². The number of H-pyrrole nitrogens is 1. The van der Waals surface area contributed by atoms with Crippen LogP contribution in [0.1, 0.15) is 73.0 Å². The molecule has 0 unspecified atom stereocenters. The molecule has 0 bridgehead atoms. The van der Waals surface area contributed by atoms with Crippen LogP contribution in [0, 0.1) is 5.92 Å². The highest BCUT2D eigenvalue weighted by Gasteiger charge is 2.39. The number of likely N-dealkylation sites (tertiary alicyclic amines) is 3. The number of hydrogen-bond donors (Lipinski definition) is 3. The van der Waals surface area contributed by atoms with Crippen molar-refractivity contribution in [3.05, 3.63) is 151 Å². The Hall–Kier alpha value is -6.53. The van der Waals surface area contributed by atoms with Crippen LogP contribution in [0.2, 0.25) is 0 Å². The predicted molar refractivity (Wildman–Crippen MR) is 224 cm³/mol. The zero-order chi connectivity index (χ0) is 40.3. The second-order valence-corrected chi connectivity index (χ2v) is 15.8. The SMILES string of the molecule is O=C(O)N[C@@H](C(=O)N1CCC[C@H]1c1nccn1-c1ccc(-c2ccc(-c3cnc([C@@H]4CCCN4C(=O)[C@@H]4CCN(Cc5ccccc5)C4)[nH]3)cc2)cc1)c1ccccc1. The summed E-state index contributed by atoms with van der Waals surface area (Å²) in [6.07, 6.45) is 8.57. The number of imidazole rings is 2. The largest absolute Gasteiger partial charge is 0.465 e. The molecule has 0 saturated carbocycles. The smallest absolute Gasteiger partial charge is 0.405 e. The van der Waals surface area contributed by atoms with Crippen LogP contribution in [0.15, 0.2) is 128 Å². The van der Waals surface area contributed by atoms with Gasteiger partial charge in [0.05, 0.1) is 29.9 Å². The van der Waals surface area contributed by atoms with Crippen molar-refractivity contribution in [1.29, 1.82) is 0 Å². The highest BCUT2D eigenvalue weighted by Crippen LogP contribution is 2.37. The second kappa shape index (κ2) is 16.8. The van der Waals surface area contributed by atoms with Crippen molar-refractivity contribution < 1.29 is 19.5 Å². The lowest BCUT2D eigenvalue weighted by molar-refractivity contribution is -0.136. The number of amides is 3. The molecule has 3 aliphatic heterocycles. The number of carboxylic acid groups (broad SMARTS) is 1. The maximum Gasteiger partial charge on any atom is 0.405 e. The quantitative estimate of drug-likeness (QED) is 0.122. The maximum atomic E-state index is 13.9. The van der Waals surface area contributed by atoms with E-state index in [4.69, 9.17) is 9.97 Å². The Bertz CT molecular complexity index is 2400. The van der Waals surface area contributed by atoms with E-state index in [1.165, 1.54) is 5.56 Å². The lowest BCUT2D eigenvalue weighted by atomic mass is 10.0. The molecule has 12 heteroatoms. The first-order valence-corrected chi connectivity index (χ1v) is 20.6. The monoisotopic (exact) mass is 788 g/mol. The van der Waals surface area contributed by atoms with E-state index in [0.29, 0.717) is 12.1 Å². The zero-order valence-electron chi connectivity index (χ0n) is 32.9. The molecule has 12 nitrogen and oxygen atoms in total. The molecule has 6 aromatic rings. The van der Waals surface area contributed by atoms with E-state index in [2.05, 4.69) is 92.9 Å². The van der Waals surface area contributed by atoms with Crippen LogP contribution in [0.25, 0.3) is 28.1 Å². The first kappa shape index (κ1) is 38.0. The molecule has 0 radical (unpaired) electrons. The molecule has 3 fully saturated rings. The Labute approximate surface area is 343 Å². The summed E-state index contributed by atoms with van der Waals surface area (Å²) in [5, 5.41) is 12.0. The minimum absolute atomic E-state index is 0.0219. The van der Waals surface area contributed by atoms with Crippen molar-refractivity contribution in [2.45, 2.75) is 56.8 Å². The van der Waals surface area contributed by atoms with Crippen molar-refractivity contribution in [2.24, 2.45) is 5.92 Å². The minimum Gasteiger partial charge on any atom is -0.465 e. The molecule has 4 atom stereocenters. The third-order valence-electron chi connectivity index (χ3n) is 12.1. The van der Waals surface area contributed by atoms with Crippen LogP contribution < -0.4 is 5.32 Å². The summed E-state index contributed by atoms with van der Waals surface area (Å²) in [6, 6.07) is 34.8. The number of aromatic amines is 1. The van der Waals surface area contributed by atoms with Gasteiger partial charge in [-0.15, -0.1) is 0 Å². The summed E-state index contributed by atoms with van der Waals surface area (Å²) < 4.78 is 2.01. The molecule has 4 aromatic carbocycles. The summed E-state index contributed by atoms with van der Waals surface area (Å²) in [6.45, 7) is 3.90. The predicted octanol–water partition coefficient (Wildman–Crippen LogP) is 7.79. The topological polar surface area (TPSA) is 140 Å². The molecule has 5 heterocycles. The highest BCUT2D eigenvalue weighted by molar-refractivity contribution is 5.87. The van der Waals surface area contributed by atoms with Gasteiger partial charge in [0.1, 0.15) is 17.7 Å². The lowest BCUT2D eigenvalue weighted by Gasteiger charge is -2.29. The summed E-state index contributed by atoms with van der Waals surface area (Å²) in [4.78, 5) is 58.6. The summed E-state index contributed by atoms with van der Waals surface area (Å²) >= 11 is 0. The summed E-state index contributed by atoms with van der Waals surface area (Å²) in [5.74, 6) is 1.57. The Morgan fingerprint density at radius 1 is 0.746 bits per heavy atom. The molecular weight excluding hydrogens is 741 g/mol. The fraction of sp³-hybridized carbons (Fsp3) is 0.298. The van der Waals surface area contributed by atoms with Gasteiger partial charge in [-0.05, 0) is 78.6 Å². The highest BCUT2D eigenvalue weighted by atomic mass is 16.4. The second-order valence-electron chi connectivity index (χ2n) is 15.8. The van der Waals surface area contributed by atoms with E-state index in [-0.39, 0.29) is 29.8 Å². The molecule has 0 spiro atoms. The number of nitrogens with one attached hydrogen (secondary N) is 2. The summed E-state index contributed by atoms with van der Waals surface area (Å²) in [5.41, 5.74) is 6.89. The van der Waals surface area contributed by atoms with Crippen LogP contribution in [0.5, 0.6) is 0 Å². The number of hydrogen-bond acceptors (Lipinski definition) is 6. The molecular formula is C47H48N8O4. The molecule has 9 rings (SSSR count). The van der Waals surface area contributed by atoms with E-state index in [1.807, 2.05) is 29.1 Å². The molecule has 3 aliphatic rings. The van der Waals surface area contributed by atoms with Gasteiger partial charge in [0.2, 0.25) is 5.91 Å². The Balaban J connectivity index is 0.850. The zero-order valence-corrected chi connectivity index (χ0v) is 32.9. The van der Waals surface area contributed by atoms with E-state index in [1.54, 1.807) is 35.4 Å². The van der Waals surface area contributed by atoms with Crippen molar-refractivity contribution >= 4 is 17.9 Å². The Kier molecular flexibility index (Phi) is 10.8. The average Bonchev–Trinajstić information content (AvgIpc) is 4.13. The molecule has 2 aromatic heterocycles. The number of nitrogens with zero attached hydrogens (tertiary/aromatic N) is 6. The minimum atomic E-state index is -1.25. The van der Waals surface area contributed by atoms with Crippen LogP contribution in [0.3, 0.4) is 0 Å². The van der Waals surface area contributed by atoms with Crippen LogP contribution in [-0.4, -0.2) is 83.4 Å². The van der Waals surface area contributed by atoms with Gasteiger partial charge in [0.25, 0.3) is 5.91 Å².